The van der Waals surface area contributed by atoms with Crippen LogP contribution in [0.4, 0.5) is 4.79 Å². The molecule has 2 aromatic carbocycles. The lowest BCUT2D eigenvalue weighted by Crippen LogP contribution is -2.42. The number of fused-ring (bicyclic) bond motifs is 3. The fraction of sp³-hybridized carbons (Fsp3) is 0.346. The highest BCUT2D eigenvalue weighted by molar-refractivity contribution is 5.82. The van der Waals surface area contributed by atoms with E-state index in [-0.39, 0.29) is 38.1 Å². The van der Waals surface area contributed by atoms with Crippen LogP contribution in [0.25, 0.3) is 11.1 Å². The maximum absolute atomic E-state index is 12.4. The van der Waals surface area contributed by atoms with Gasteiger partial charge in [-0.3, -0.25) is 4.79 Å². The van der Waals surface area contributed by atoms with Gasteiger partial charge in [-0.15, -0.1) is 0 Å². The van der Waals surface area contributed by atoms with Gasteiger partial charge in [-0.2, -0.15) is 0 Å². The predicted octanol–water partition coefficient (Wildman–Crippen LogP) is 4.36. The molecule has 7 nitrogen and oxygen atoms in total. The van der Waals surface area contributed by atoms with Crippen molar-refractivity contribution >= 4 is 18.0 Å². The molecule has 7 heteroatoms. The van der Waals surface area contributed by atoms with Gasteiger partial charge in [-0.1, -0.05) is 68.1 Å². The van der Waals surface area contributed by atoms with E-state index in [2.05, 4.69) is 24.0 Å². The molecule has 1 amide bonds. The topological polar surface area (TPSA) is 90.9 Å². The van der Waals surface area contributed by atoms with Gasteiger partial charge in [0.05, 0.1) is 6.61 Å². The second-order valence-electron chi connectivity index (χ2n) is 7.67. The summed E-state index contributed by atoms with van der Waals surface area (Å²) < 4.78 is 15.5. The lowest BCUT2D eigenvalue weighted by Gasteiger charge is -2.18. The Morgan fingerprint density at radius 1 is 1.00 bits per heavy atom. The Kier molecular flexibility index (Phi) is 8.63. The molecule has 1 unspecified atom stereocenters. The third-order valence-electron chi connectivity index (χ3n) is 5.46. The average molecular weight is 452 g/mol. The van der Waals surface area contributed by atoms with Gasteiger partial charge in [0.1, 0.15) is 19.3 Å². The number of ether oxygens (including phenoxy) is 3. The second kappa shape index (κ2) is 11.9. The van der Waals surface area contributed by atoms with Gasteiger partial charge in [0.2, 0.25) is 0 Å². The number of hydrogen-bond acceptors (Lipinski definition) is 6. The van der Waals surface area contributed by atoms with E-state index >= 15 is 0 Å². The van der Waals surface area contributed by atoms with Crippen molar-refractivity contribution < 1.29 is 28.6 Å². The van der Waals surface area contributed by atoms with E-state index in [1.54, 1.807) is 6.92 Å². The number of amides is 1. The Balaban J connectivity index is 1.47. The Labute approximate surface area is 193 Å². The zero-order valence-corrected chi connectivity index (χ0v) is 18.8. The summed E-state index contributed by atoms with van der Waals surface area (Å²) in [6.07, 6.45) is 1.64. The van der Waals surface area contributed by atoms with Crippen molar-refractivity contribution in [2.75, 3.05) is 19.8 Å². The minimum absolute atomic E-state index is 0.0592. The normalized spacial score (nSPS) is 12.8. The summed E-state index contributed by atoms with van der Waals surface area (Å²) in [5.74, 6) is -1.00. The third-order valence-corrected chi connectivity index (χ3v) is 5.46. The van der Waals surface area contributed by atoms with Gasteiger partial charge < -0.3 is 19.5 Å². The van der Waals surface area contributed by atoms with Crippen LogP contribution in [0, 0.1) is 0 Å². The molecule has 2 aromatic rings. The monoisotopic (exact) mass is 451 g/mol. The molecule has 1 N–H and O–H groups in total. The number of hydrogen-bond donors (Lipinski definition) is 1. The van der Waals surface area contributed by atoms with E-state index in [1.807, 2.05) is 36.4 Å². The Morgan fingerprint density at radius 3 is 2.24 bits per heavy atom. The number of esters is 2. The van der Waals surface area contributed by atoms with Gasteiger partial charge in [-0.25, -0.2) is 9.59 Å². The molecule has 0 heterocycles. The number of alkyl carbamates (subject to hydrolysis) is 1. The van der Waals surface area contributed by atoms with Crippen LogP contribution < -0.4 is 5.32 Å². The molecule has 0 bridgehead atoms. The second-order valence-corrected chi connectivity index (χ2v) is 7.67. The molecule has 0 fully saturated rings. The fourth-order valence-corrected chi connectivity index (χ4v) is 3.82. The van der Waals surface area contributed by atoms with Crippen LogP contribution in [-0.2, 0) is 23.8 Å². The number of benzene rings is 2. The molecular weight excluding hydrogens is 422 g/mol. The number of nitrogens with one attached hydrogen (secondary N) is 1. The van der Waals surface area contributed by atoms with E-state index < -0.39 is 18.1 Å². The molecule has 1 aliphatic carbocycles. The highest BCUT2D eigenvalue weighted by atomic mass is 16.6. The Bertz CT molecular complexity index is 956. The summed E-state index contributed by atoms with van der Waals surface area (Å²) in [5, 5.41) is 2.58. The van der Waals surface area contributed by atoms with Gasteiger partial charge in [0.25, 0.3) is 0 Å². The highest BCUT2D eigenvalue weighted by Crippen LogP contribution is 2.44. The van der Waals surface area contributed by atoms with Gasteiger partial charge >= 0.3 is 18.0 Å². The minimum atomic E-state index is -0.826. The third kappa shape index (κ3) is 6.22. The Morgan fingerprint density at radius 2 is 1.64 bits per heavy atom. The molecule has 3 rings (SSSR count). The smallest absolute Gasteiger partial charge is 0.407 e. The zero-order chi connectivity index (χ0) is 23.6. The molecule has 1 atom stereocenters. The summed E-state index contributed by atoms with van der Waals surface area (Å²) in [6, 6.07) is 15.3. The number of carbonyl (C=O) groups is 3. The van der Waals surface area contributed by atoms with E-state index in [9.17, 15) is 14.4 Å². The molecule has 0 saturated heterocycles. The summed E-state index contributed by atoms with van der Waals surface area (Å²) in [7, 11) is 0. The molecular formula is C26H29NO6. The maximum atomic E-state index is 12.4. The predicted molar refractivity (Wildman–Crippen MR) is 124 cm³/mol. The van der Waals surface area contributed by atoms with Crippen molar-refractivity contribution in [3.63, 3.8) is 0 Å². The maximum Gasteiger partial charge on any atom is 0.407 e. The molecule has 0 radical (unpaired) electrons. The largest absolute Gasteiger partial charge is 0.464 e. The lowest BCUT2D eigenvalue weighted by molar-refractivity contribution is -0.148. The average Bonchev–Trinajstić information content (AvgIpc) is 3.16. The first kappa shape index (κ1) is 24.0. The molecule has 0 spiro atoms. The van der Waals surface area contributed by atoms with Crippen molar-refractivity contribution in [3.8, 4) is 11.1 Å². The molecule has 0 aliphatic heterocycles. The zero-order valence-electron chi connectivity index (χ0n) is 18.8. The van der Waals surface area contributed by atoms with Crippen molar-refractivity contribution in [2.45, 2.75) is 38.1 Å². The molecule has 0 saturated carbocycles. The first-order valence-electron chi connectivity index (χ1n) is 11.1. The van der Waals surface area contributed by atoms with Crippen LogP contribution in [0.15, 0.2) is 61.2 Å². The van der Waals surface area contributed by atoms with Crippen LogP contribution in [0.5, 0.6) is 0 Å². The first-order valence-corrected chi connectivity index (χ1v) is 11.1. The highest BCUT2D eigenvalue weighted by Gasteiger charge is 2.29. The molecule has 0 aromatic heterocycles. The van der Waals surface area contributed by atoms with Gasteiger partial charge in [0.15, 0.2) is 0 Å². The van der Waals surface area contributed by atoms with Crippen LogP contribution in [0.1, 0.15) is 43.2 Å². The number of rotatable bonds is 11. The summed E-state index contributed by atoms with van der Waals surface area (Å²) in [4.78, 5) is 36.1. The quantitative estimate of drug-likeness (QED) is 0.236. The van der Waals surface area contributed by atoms with E-state index in [1.165, 1.54) is 6.08 Å². The van der Waals surface area contributed by atoms with Crippen molar-refractivity contribution in [1.82, 2.24) is 5.32 Å². The standard InChI is InChI=1S/C26H29NO6/c1-3-15-31-24(28)14-9-16-32-25(29)23(4-2)27-26(30)33-17-22-20-12-7-5-10-18(20)19-11-6-8-13-21(19)22/h3,5-8,10-13,22-23H,1,4,9,14-17H2,2H3,(H,27,30). The van der Waals surface area contributed by atoms with E-state index in [0.29, 0.717) is 12.8 Å². The summed E-state index contributed by atoms with van der Waals surface area (Å²) in [5.41, 5.74) is 4.52. The lowest BCUT2D eigenvalue weighted by atomic mass is 9.98. The Hall–Kier alpha value is -3.61. The van der Waals surface area contributed by atoms with Crippen molar-refractivity contribution in [1.29, 1.82) is 0 Å². The SMILES string of the molecule is C=CCOC(=O)CCCOC(=O)C(CC)NC(=O)OCC1c2ccccc2-c2ccccc21. The van der Waals surface area contributed by atoms with E-state index in [4.69, 9.17) is 14.2 Å². The van der Waals surface area contributed by atoms with Crippen LogP contribution in [0.2, 0.25) is 0 Å². The molecule has 174 valence electrons. The van der Waals surface area contributed by atoms with Crippen LogP contribution >= 0.6 is 0 Å². The van der Waals surface area contributed by atoms with Crippen LogP contribution in [-0.4, -0.2) is 43.9 Å². The first-order chi connectivity index (χ1) is 16.0. The fourth-order valence-electron chi connectivity index (χ4n) is 3.82. The summed E-state index contributed by atoms with van der Waals surface area (Å²) >= 11 is 0. The van der Waals surface area contributed by atoms with Crippen molar-refractivity contribution in [2.24, 2.45) is 0 Å². The molecule has 33 heavy (non-hydrogen) atoms. The minimum Gasteiger partial charge on any atom is -0.464 e. The number of carbonyl (C=O) groups excluding carboxylic acids is 3. The van der Waals surface area contributed by atoms with Crippen LogP contribution in [0.3, 0.4) is 0 Å². The van der Waals surface area contributed by atoms with Crippen molar-refractivity contribution in [3.05, 3.63) is 72.3 Å². The summed E-state index contributed by atoms with van der Waals surface area (Å²) in [6.45, 7) is 5.61. The van der Waals surface area contributed by atoms with Gasteiger partial charge in [-0.05, 0) is 35.1 Å². The van der Waals surface area contributed by atoms with E-state index in [0.717, 1.165) is 22.3 Å². The molecule has 1 aliphatic rings. The van der Waals surface area contributed by atoms with Gasteiger partial charge in [0, 0.05) is 12.3 Å².